The number of ether oxygens (including phenoxy) is 1. The maximum Gasteiger partial charge on any atom is 0.257 e. The maximum absolute atomic E-state index is 13.4. The molecular weight excluding hydrogens is 470 g/mol. The summed E-state index contributed by atoms with van der Waals surface area (Å²) in [6, 6.07) is 10.8. The summed E-state index contributed by atoms with van der Waals surface area (Å²) in [5.74, 6) is 1.25. The van der Waals surface area contributed by atoms with Crippen molar-refractivity contribution in [1.82, 2.24) is 19.3 Å². The van der Waals surface area contributed by atoms with Crippen molar-refractivity contribution in [2.75, 3.05) is 38.1 Å². The summed E-state index contributed by atoms with van der Waals surface area (Å²) in [6.45, 7) is 6.88. The van der Waals surface area contributed by atoms with Gasteiger partial charge in [-0.25, -0.2) is 13.4 Å². The van der Waals surface area contributed by atoms with Crippen LogP contribution in [0.1, 0.15) is 35.2 Å². The Morgan fingerprint density at radius 2 is 1.89 bits per heavy atom. The highest BCUT2D eigenvalue weighted by molar-refractivity contribution is 7.89. The lowest BCUT2D eigenvalue weighted by atomic mass is 10.2. The number of nitrogens with zero attached hydrogens (tertiary/aromatic N) is 4. The van der Waals surface area contributed by atoms with Crippen molar-refractivity contribution in [3.8, 4) is 5.75 Å². The zero-order chi connectivity index (χ0) is 25.0. The van der Waals surface area contributed by atoms with E-state index in [1.54, 1.807) is 37.1 Å². The molecule has 3 heterocycles. The predicted molar refractivity (Wildman–Crippen MR) is 130 cm³/mol. The minimum Gasteiger partial charge on any atom is -0.494 e. The molecule has 0 radical (unpaired) electrons. The molecule has 1 saturated heterocycles. The first-order chi connectivity index (χ1) is 16.8. The highest BCUT2D eigenvalue weighted by atomic mass is 32.2. The highest BCUT2D eigenvalue weighted by Crippen LogP contribution is 2.26. The number of rotatable bonds is 7. The number of benzene rings is 1. The molecule has 1 fully saturated rings. The Balaban J connectivity index is 1.49. The summed E-state index contributed by atoms with van der Waals surface area (Å²) < 4.78 is 38.3. The second kappa shape index (κ2) is 10.4. The van der Waals surface area contributed by atoms with Gasteiger partial charge in [0.2, 0.25) is 10.0 Å². The molecule has 0 spiro atoms. The third kappa shape index (κ3) is 5.30. The molecule has 4 rings (SSSR count). The van der Waals surface area contributed by atoms with Gasteiger partial charge < -0.3 is 19.5 Å². The number of nitrogens with one attached hydrogen (secondary N) is 1. The fraction of sp³-hybridized carbons (Fsp3) is 0.375. The van der Waals surface area contributed by atoms with Crippen molar-refractivity contribution in [2.24, 2.45) is 0 Å². The number of carbonyl (C=O) groups excluding carboxylic acids is 1. The lowest BCUT2D eigenvalue weighted by molar-refractivity contribution is 0.0765. The Kier molecular flexibility index (Phi) is 7.37. The van der Waals surface area contributed by atoms with E-state index in [4.69, 9.17) is 9.26 Å². The van der Waals surface area contributed by atoms with Crippen molar-refractivity contribution >= 4 is 27.4 Å². The van der Waals surface area contributed by atoms with Gasteiger partial charge in [-0.1, -0.05) is 5.16 Å². The SMILES string of the molecule is CCOc1ccc(Nc2ncccc2C(=O)N2CCCN(S(=O)(=O)c3c(C)noc3C)CC2)cc1. The van der Waals surface area contributed by atoms with Gasteiger partial charge in [0.15, 0.2) is 5.76 Å². The van der Waals surface area contributed by atoms with E-state index in [9.17, 15) is 13.2 Å². The molecule has 0 bridgehead atoms. The van der Waals surface area contributed by atoms with E-state index in [-0.39, 0.29) is 29.7 Å². The van der Waals surface area contributed by atoms with E-state index in [2.05, 4.69) is 15.5 Å². The first-order valence-electron chi connectivity index (χ1n) is 11.5. The van der Waals surface area contributed by atoms with Gasteiger partial charge in [0.25, 0.3) is 5.91 Å². The summed E-state index contributed by atoms with van der Waals surface area (Å²) >= 11 is 0. The fourth-order valence-corrected chi connectivity index (χ4v) is 5.86. The van der Waals surface area contributed by atoms with E-state index in [1.165, 1.54) is 4.31 Å². The Bertz CT molecular complexity index is 1270. The van der Waals surface area contributed by atoms with E-state index >= 15 is 0 Å². The van der Waals surface area contributed by atoms with Crippen LogP contribution in [0, 0.1) is 13.8 Å². The van der Waals surface area contributed by atoms with Crippen LogP contribution in [-0.4, -0.2) is 66.5 Å². The molecule has 10 nitrogen and oxygen atoms in total. The summed E-state index contributed by atoms with van der Waals surface area (Å²) in [5, 5.41) is 6.98. The molecule has 35 heavy (non-hydrogen) atoms. The van der Waals surface area contributed by atoms with Crippen LogP contribution in [0.15, 0.2) is 52.0 Å². The third-order valence-corrected chi connectivity index (χ3v) is 7.92. The van der Waals surface area contributed by atoms with Crippen molar-refractivity contribution in [3.05, 3.63) is 59.6 Å². The van der Waals surface area contributed by atoms with Crippen LogP contribution in [-0.2, 0) is 10.0 Å². The predicted octanol–water partition coefficient (Wildman–Crippen LogP) is 3.37. The number of pyridine rings is 1. The number of hydrogen-bond donors (Lipinski definition) is 1. The molecule has 186 valence electrons. The zero-order valence-corrected chi connectivity index (χ0v) is 20.8. The second-order valence-electron chi connectivity index (χ2n) is 8.19. The quantitative estimate of drug-likeness (QED) is 0.526. The Morgan fingerprint density at radius 1 is 1.11 bits per heavy atom. The lowest BCUT2D eigenvalue weighted by Crippen LogP contribution is -2.37. The van der Waals surface area contributed by atoms with Gasteiger partial charge in [0, 0.05) is 38.1 Å². The number of sulfonamides is 1. The molecule has 3 aromatic rings. The number of carbonyl (C=O) groups is 1. The van der Waals surface area contributed by atoms with E-state index in [0.717, 1.165) is 11.4 Å². The fourth-order valence-electron chi connectivity index (χ4n) is 4.09. The van der Waals surface area contributed by atoms with Gasteiger partial charge in [-0.05, 0) is 63.6 Å². The summed E-state index contributed by atoms with van der Waals surface area (Å²) in [7, 11) is -3.77. The van der Waals surface area contributed by atoms with Crippen molar-refractivity contribution in [2.45, 2.75) is 32.1 Å². The van der Waals surface area contributed by atoms with Crippen LogP contribution < -0.4 is 10.1 Å². The van der Waals surface area contributed by atoms with Crippen LogP contribution in [0.5, 0.6) is 5.75 Å². The van der Waals surface area contributed by atoms with Gasteiger partial charge in [0.1, 0.15) is 22.2 Å². The molecule has 0 unspecified atom stereocenters. The molecule has 11 heteroatoms. The lowest BCUT2D eigenvalue weighted by Gasteiger charge is -2.23. The van der Waals surface area contributed by atoms with Crippen LogP contribution in [0.25, 0.3) is 0 Å². The van der Waals surface area contributed by atoms with Gasteiger partial charge in [0.05, 0.1) is 12.2 Å². The van der Waals surface area contributed by atoms with E-state index < -0.39 is 10.0 Å². The maximum atomic E-state index is 13.4. The van der Waals surface area contributed by atoms with E-state index in [0.29, 0.717) is 43.2 Å². The van der Waals surface area contributed by atoms with Crippen LogP contribution in [0.4, 0.5) is 11.5 Å². The normalized spacial score (nSPS) is 15.0. The number of amides is 1. The summed E-state index contributed by atoms with van der Waals surface area (Å²) in [5.41, 5.74) is 1.53. The van der Waals surface area contributed by atoms with E-state index in [1.807, 2.05) is 31.2 Å². The third-order valence-electron chi connectivity index (χ3n) is 5.77. The monoisotopic (exact) mass is 499 g/mol. The van der Waals surface area contributed by atoms with Gasteiger partial charge >= 0.3 is 0 Å². The number of anilines is 2. The number of hydrogen-bond acceptors (Lipinski definition) is 8. The van der Waals surface area contributed by atoms with Crippen molar-refractivity contribution in [1.29, 1.82) is 0 Å². The largest absolute Gasteiger partial charge is 0.494 e. The minimum atomic E-state index is -3.77. The first kappa shape index (κ1) is 24.7. The van der Waals surface area contributed by atoms with Crippen molar-refractivity contribution < 1.29 is 22.5 Å². The minimum absolute atomic E-state index is 0.103. The molecule has 1 amide bonds. The standard InChI is InChI=1S/C24H29N5O5S/c1-4-33-20-10-8-19(9-11-20)26-23-21(7-5-12-25-23)24(30)28-13-6-14-29(16-15-28)35(31,32)22-17(2)27-34-18(22)3/h5,7-12H,4,6,13-16H2,1-3H3,(H,25,26). The molecule has 2 aromatic heterocycles. The van der Waals surface area contributed by atoms with Gasteiger partial charge in [-0.3, -0.25) is 4.79 Å². The van der Waals surface area contributed by atoms with Crippen LogP contribution >= 0.6 is 0 Å². The number of aryl methyl sites for hydroxylation is 2. The molecule has 1 N–H and O–H groups in total. The van der Waals surface area contributed by atoms with Gasteiger partial charge in [-0.2, -0.15) is 4.31 Å². The summed E-state index contributed by atoms with van der Waals surface area (Å²) in [4.78, 5) is 19.6. The van der Waals surface area contributed by atoms with Crippen molar-refractivity contribution in [3.63, 3.8) is 0 Å². The Labute approximate surface area is 204 Å². The van der Waals surface area contributed by atoms with Crippen LogP contribution in [0.2, 0.25) is 0 Å². The molecular formula is C24H29N5O5S. The molecule has 1 aliphatic rings. The number of aromatic nitrogens is 2. The Morgan fingerprint density at radius 3 is 2.57 bits per heavy atom. The second-order valence-corrected chi connectivity index (χ2v) is 10.1. The molecule has 0 aliphatic carbocycles. The highest BCUT2D eigenvalue weighted by Gasteiger charge is 2.33. The smallest absolute Gasteiger partial charge is 0.257 e. The zero-order valence-electron chi connectivity index (χ0n) is 20.0. The molecule has 0 atom stereocenters. The Hall–Kier alpha value is -3.44. The molecule has 1 aliphatic heterocycles. The molecule has 1 aromatic carbocycles. The summed E-state index contributed by atoms with van der Waals surface area (Å²) in [6.07, 6.45) is 2.13. The van der Waals surface area contributed by atoms with Crippen LogP contribution in [0.3, 0.4) is 0 Å². The average molecular weight is 500 g/mol. The average Bonchev–Trinajstić information content (AvgIpc) is 3.03. The molecule has 0 saturated carbocycles. The topological polar surface area (TPSA) is 118 Å². The van der Waals surface area contributed by atoms with Gasteiger partial charge in [-0.15, -0.1) is 0 Å². The first-order valence-corrected chi connectivity index (χ1v) is 12.9.